The van der Waals surface area contributed by atoms with E-state index in [0.717, 1.165) is 19.3 Å². The maximum absolute atomic E-state index is 13.4. The molecule has 1 aromatic rings. The Morgan fingerprint density at radius 2 is 1.38 bits per heavy atom. The summed E-state index contributed by atoms with van der Waals surface area (Å²) in [6.45, 7) is 28.7. The van der Waals surface area contributed by atoms with Crippen molar-refractivity contribution in [3.63, 3.8) is 0 Å². The highest BCUT2D eigenvalue weighted by Crippen LogP contribution is 2.43. The van der Waals surface area contributed by atoms with Crippen molar-refractivity contribution in [2.24, 2.45) is 16.7 Å². The van der Waals surface area contributed by atoms with E-state index in [1.807, 2.05) is 41.5 Å². The first-order valence-electron chi connectivity index (χ1n) is 17.7. The van der Waals surface area contributed by atoms with Crippen molar-refractivity contribution >= 4 is 43.1 Å². The lowest BCUT2D eigenvalue weighted by Crippen LogP contribution is -2.56. The van der Waals surface area contributed by atoms with Crippen molar-refractivity contribution in [1.82, 2.24) is 16.0 Å². The molecule has 50 heavy (non-hydrogen) atoms. The van der Waals surface area contributed by atoms with Crippen LogP contribution in [-0.2, 0) is 40.1 Å². The molecule has 0 bridgehead atoms. The molecule has 0 aliphatic heterocycles. The zero-order valence-electron chi connectivity index (χ0n) is 33.2. The number of benzene rings is 1. The van der Waals surface area contributed by atoms with Crippen LogP contribution in [0.25, 0.3) is 0 Å². The number of rotatable bonds is 20. The molecule has 12 heteroatoms. The van der Waals surface area contributed by atoms with E-state index in [9.17, 15) is 24.0 Å². The van der Waals surface area contributed by atoms with Gasteiger partial charge in [0, 0.05) is 17.6 Å². The summed E-state index contributed by atoms with van der Waals surface area (Å²) in [6, 6.07) is 5.02. The number of carbonyl (C=O) groups is 5. The molecule has 4 amide bonds. The third-order valence-corrected chi connectivity index (χ3v) is 8.52. The summed E-state index contributed by atoms with van der Waals surface area (Å²) >= 11 is 0. The Morgan fingerprint density at radius 1 is 0.800 bits per heavy atom. The van der Waals surface area contributed by atoms with E-state index in [1.165, 1.54) is 0 Å². The zero-order valence-corrected chi connectivity index (χ0v) is 33.2. The molecule has 11 nitrogen and oxygen atoms in total. The second-order valence-electron chi connectivity index (χ2n) is 17.9. The second-order valence-corrected chi connectivity index (χ2v) is 17.9. The molecule has 1 aromatic carbocycles. The van der Waals surface area contributed by atoms with Gasteiger partial charge in [0.15, 0.2) is 0 Å². The molecule has 1 rings (SSSR count). The normalized spacial score (nSPS) is 13.9. The molecule has 0 aliphatic carbocycles. The van der Waals surface area contributed by atoms with E-state index < -0.39 is 40.3 Å². The van der Waals surface area contributed by atoms with Crippen LogP contribution in [0.3, 0.4) is 0 Å². The molecule has 0 aliphatic rings. The topological polar surface area (TPSA) is 152 Å². The Morgan fingerprint density at radius 3 is 1.90 bits per heavy atom. The molecule has 0 radical (unpaired) electrons. The van der Waals surface area contributed by atoms with Gasteiger partial charge in [-0.2, -0.15) is 0 Å². The Labute approximate surface area is 301 Å². The largest absolute Gasteiger partial charge is 0.463 e. The molecule has 4 N–H and O–H groups in total. The number of nitrogens with one attached hydrogen (secondary N) is 4. The molecule has 282 valence electrons. The smallest absolute Gasteiger partial charge is 0.293 e. The van der Waals surface area contributed by atoms with Gasteiger partial charge in [-0.1, -0.05) is 85.1 Å². The SMILES string of the molecule is CC(C)C(NC(=O)C(C)(C)COC(C)(C)CCNC(=O)C(C)(C)CC(C)(C)BC(C)(C)C)C(=O)N[C@@H](C)C(=O)Nc1ccc(COC=O)cc1. The fourth-order valence-corrected chi connectivity index (χ4v) is 6.31. The molecule has 0 spiro atoms. The first-order chi connectivity index (χ1) is 22.7. The quantitative estimate of drug-likeness (QED) is 0.103. The second kappa shape index (κ2) is 18.2. The van der Waals surface area contributed by atoms with Crippen molar-refractivity contribution < 1.29 is 33.4 Å². The van der Waals surface area contributed by atoms with Gasteiger partial charge >= 0.3 is 0 Å². The van der Waals surface area contributed by atoms with Crippen LogP contribution in [0, 0.1) is 16.7 Å². The summed E-state index contributed by atoms with van der Waals surface area (Å²) in [6.07, 6.45) is 1.32. The highest BCUT2D eigenvalue weighted by atomic mass is 16.5. The average molecular weight is 701 g/mol. The minimum absolute atomic E-state index is 0.0106. The van der Waals surface area contributed by atoms with Crippen molar-refractivity contribution in [2.75, 3.05) is 18.5 Å². The highest BCUT2D eigenvalue weighted by molar-refractivity contribution is 6.43. The van der Waals surface area contributed by atoms with Crippen LogP contribution in [0.2, 0.25) is 10.6 Å². The molecule has 0 saturated carbocycles. The van der Waals surface area contributed by atoms with Gasteiger partial charge in [0.2, 0.25) is 23.6 Å². The van der Waals surface area contributed by atoms with Crippen molar-refractivity contribution in [2.45, 2.75) is 145 Å². The van der Waals surface area contributed by atoms with Gasteiger partial charge in [-0.25, -0.2) is 0 Å². The predicted octanol–water partition coefficient (Wildman–Crippen LogP) is 5.54. The average Bonchev–Trinajstić information content (AvgIpc) is 2.96. The van der Waals surface area contributed by atoms with Gasteiger partial charge in [-0.3, -0.25) is 24.0 Å². The lowest BCUT2D eigenvalue weighted by molar-refractivity contribution is -0.141. The summed E-state index contributed by atoms with van der Waals surface area (Å²) in [4.78, 5) is 63.0. The van der Waals surface area contributed by atoms with Crippen LogP contribution in [0.4, 0.5) is 5.69 Å². The van der Waals surface area contributed by atoms with Crippen LogP contribution in [0.5, 0.6) is 0 Å². The number of carbonyl (C=O) groups excluding carboxylic acids is 5. The van der Waals surface area contributed by atoms with E-state index in [4.69, 9.17) is 9.47 Å². The first-order valence-corrected chi connectivity index (χ1v) is 17.7. The summed E-state index contributed by atoms with van der Waals surface area (Å²) in [7, 11) is 1.01. The lowest BCUT2D eigenvalue weighted by atomic mass is 9.39. The fourth-order valence-electron chi connectivity index (χ4n) is 6.31. The minimum Gasteiger partial charge on any atom is -0.463 e. The summed E-state index contributed by atoms with van der Waals surface area (Å²) < 4.78 is 10.9. The van der Waals surface area contributed by atoms with Gasteiger partial charge in [0.1, 0.15) is 26.0 Å². The van der Waals surface area contributed by atoms with Crippen molar-refractivity contribution in [3.05, 3.63) is 29.8 Å². The zero-order chi connectivity index (χ0) is 38.7. The van der Waals surface area contributed by atoms with E-state index in [2.05, 4.69) is 55.9 Å². The summed E-state index contributed by atoms with van der Waals surface area (Å²) in [5.74, 6) is -1.50. The molecule has 0 fully saturated rings. The van der Waals surface area contributed by atoms with E-state index in [-0.39, 0.29) is 41.6 Å². The Kier molecular flexibility index (Phi) is 16.2. The number of amides is 4. The fraction of sp³-hybridized carbons (Fsp3) is 0.711. The summed E-state index contributed by atoms with van der Waals surface area (Å²) in [5, 5.41) is 11.6. The monoisotopic (exact) mass is 700 g/mol. The highest BCUT2D eigenvalue weighted by Gasteiger charge is 2.38. The maximum Gasteiger partial charge on any atom is 0.293 e. The van der Waals surface area contributed by atoms with Gasteiger partial charge in [-0.05, 0) is 71.1 Å². The van der Waals surface area contributed by atoms with Gasteiger partial charge in [0.05, 0.1) is 17.6 Å². The molecule has 2 atom stereocenters. The van der Waals surface area contributed by atoms with Gasteiger partial charge in [0.25, 0.3) is 6.47 Å². The number of anilines is 1. The molecule has 0 aromatic heterocycles. The van der Waals surface area contributed by atoms with Crippen molar-refractivity contribution in [1.29, 1.82) is 0 Å². The van der Waals surface area contributed by atoms with Crippen LogP contribution < -0.4 is 21.3 Å². The molecule has 0 saturated heterocycles. The standard InChI is InChI=1S/C38H65BN4O7/c1-25(2)29(31(46)41-26(3)30(45)42-28-17-15-27(16-18-28)21-49-24-44)43-33(48)36(9,10)23-50-38(13,14)19-20-40-32(47)35(7,8)22-37(11,12)39-34(4,5)6/h15-18,24-26,29,39H,19-23H2,1-14H3,(H,40,47)(H,41,46)(H,42,45)(H,43,48)/t26-,29?/m0/s1. The number of hydrogen-bond acceptors (Lipinski definition) is 7. The Hall–Kier alpha value is -3.41. The van der Waals surface area contributed by atoms with E-state index >= 15 is 0 Å². The maximum atomic E-state index is 13.4. The molecular weight excluding hydrogens is 635 g/mol. The van der Waals surface area contributed by atoms with Crippen LogP contribution >= 0.6 is 0 Å². The third kappa shape index (κ3) is 16.1. The predicted molar refractivity (Wildman–Crippen MR) is 201 cm³/mol. The first kappa shape index (κ1) is 44.6. The summed E-state index contributed by atoms with van der Waals surface area (Å²) in [5.41, 5.74) is -0.839. The minimum atomic E-state index is -0.972. The van der Waals surface area contributed by atoms with Crippen LogP contribution in [0.1, 0.15) is 115 Å². The molecular formula is C38H65BN4O7. The van der Waals surface area contributed by atoms with E-state index in [1.54, 1.807) is 45.0 Å². The molecule has 0 heterocycles. The lowest BCUT2D eigenvalue weighted by Gasteiger charge is -2.37. The van der Waals surface area contributed by atoms with Crippen LogP contribution in [0.15, 0.2) is 24.3 Å². The van der Waals surface area contributed by atoms with Crippen molar-refractivity contribution in [3.8, 4) is 0 Å². The number of ether oxygens (including phenoxy) is 2. The third-order valence-electron chi connectivity index (χ3n) is 8.52. The van der Waals surface area contributed by atoms with Crippen LogP contribution in [-0.4, -0.2) is 68.2 Å². The van der Waals surface area contributed by atoms with Gasteiger partial charge < -0.3 is 30.7 Å². The Bertz CT molecular complexity index is 1300. The van der Waals surface area contributed by atoms with Gasteiger partial charge in [-0.15, -0.1) is 0 Å². The van der Waals surface area contributed by atoms with E-state index in [0.29, 0.717) is 25.1 Å². The molecule has 1 unspecified atom stereocenters. The number of hydrogen-bond donors (Lipinski definition) is 4. The Balaban J connectivity index is 2.70.